The smallest absolute Gasteiger partial charge is 0.185 e. The van der Waals surface area contributed by atoms with Gasteiger partial charge in [0.15, 0.2) is 5.13 Å². The molecule has 0 aliphatic rings. The fourth-order valence-electron chi connectivity index (χ4n) is 1.16. The highest BCUT2D eigenvalue weighted by atomic mass is 32.1. The highest BCUT2D eigenvalue weighted by Gasteiger charge is 2.18. The fourth-order valence-corrected chi connectivity index (χ4v) is 2.37. The number of aliphatic hydroxyl groups is 1. The van der Waals surface area contributed by atoms with Gasteiger partial charge in [0.1, 0.15) is 0 Å². The molecule has 1 aromatic heterocycles. The average Bonchev–Trinajstić information content (AvgIpc) is 2.29. The van der Waals surface area contributed by atoms with E-state index in [-0.39, 0.29) is 0 Å². The number of aryl methyl sites for hydroxylation is 1. The Kier molecular flexibility index (Phi) is 3.17. The number of nitrogens with zero attached hydrogens (tertiary/aromatic N) is 2. The summed E-state index contributed by atoms with van der Waals surface area (Å²) in [6.45, 7) is 5.63. The minimum absolute atomic E-state index is 0.652. The first-order chi connectivity index (χ1) is 6.29. The third-order valence-corrected chi connectivity index (χ3v) is 3.18. The zero-order chi connectivity index (χ0) is 10.9. The van der Waals surface area contributed by atoms with Gasteiger partial charge in [-0.3, -0.25) is 0 Å². The van der Waals surface area contributed by atoms with Gasteiger partial charge in [0.05, 0.1) is 11.3 Å². The Bertz CT molecular complexity index is 312. The quantitative estimate of drug-likeness (QED) is 0.834. The summed E-state index contributed by atoms with van der Waals surface area (Å²) in [7, 11) is 3.96. The Morgan fingerprint density at radius 2 is 2.00 bits per heavy atom. The lowest BCUT2D eigenvalue weighted by molar-refractivity contribution is 0.0816. The second-order valence-electron chi connectivity index (χ2n) is 4.39. The van der Waals surface area contributed by atoms with Gasteiger partial charge in [-0.2, -0.15) is 0 Å². The molecule has 0 aliphatic heterocycles. The Balaban J connectivity index is 2.88. The summed E-state index contributed by atoms with van der Waals surface area (Å²) in [5, 5.41) is 10.7. The molecule has 1 rings (SSSR count). The molecule has 4 heteroatoms. The summed E-state index contributed by atoms with van der Waals surface area (Å²) in [6.07, 6.45) is 0.671. The van der Waals surface area contributed by atoms with Crippen molar-refractivity contribution >= 4 is 16.5 Å². The lowest BCUT2D eigenvalue weighted by Crippen LogP contribution is -2.21. The van der Waals surface area contributed by atoms with E-state index < -0.39 is 5.60 Å². The van der Waals surface area contributed by atoms with Gasteiger partial charge in [0, 0.05) is 25.4 Å². The summed E-state index contributed by atoms with van der Waals surface area (Å²) in [4.78, 5) is 7.59. The van der Waals surface area contributed by atoms with Crippen LogP contribution in [0.2, 0.25) is 0 Å². The molecule has 0 aliphatic carbocycles. The van der Waals surface area contributed by atoms with Gasteiger partial charge in [0.2, 0.25) is 0 Å². The van der Waals surface area contributed by atoms with Crippen LogP contribution in [0, 0.1) is 6.92 Å². The van der Waals surface area contributed by atoms with Crippen molar-refractivity contribution in [2.24, 2.45) is 0 Å². The minimum atomic E-state index is -0.652. The van der Waals surface area contributed by atoms with Gasteiger partial charge >= 0.3 is 0 Å². The van der Waals surface area contributed by atoms with Crippen LogP contribution in [0.1, 0.15) is 24.4 Å². The summed E-state index contributed by atoms with van der Waals surface area (Å²) in [6, 6.07) is 0. The highest BCUT2D eigenvalue weighted by molar-refractivity contribution is 7.15. The van der Waals surface area contributed by atoms with E-state index in [1.807, 2.05) is 39.8 Å². The molecule has 14 heavy (non-hydrogen) atoms. The number of rotatable bonds is 3. The molecule has 1 aromatic rings. The van der Waals surface area contributed by atoms with E-state index in [9.17, 15) is 5.11 Å². The molecule has 0 saturated carbocycles. The van der Waals surface area contributed by atoms with Crippen molar-refractivity contribution in [1.82, 2.24) is 4.98 Å². The first kappa shape index (κ1) is 11.5. The van der Waals surface area contributed by atoms with E-state index in [1.54, 1.807) is 11.3 Å². The molecule has 3 nitrogen and oxygen atoms in total. The predicted molar refractivity (Wildman–Crippen MR) is 61.2 cm³/mol. The molecule has 1 heterocycles. The van der Waals surface area contributed by atoms with Crippen molar-refractivity contribution < 1.29 is 5.11 Å². The Morgan fingerprint density at radius 3 is 2.36 bits per heavy atom. The maximum atomic E-state index is 9.71. The summed E-state index contributed by atoms with van der Waals surface area (Å²) in [5.41, 5.74) is 0.377. The van der Waals surface area contributed by atoms with Crippen LogP contribution in [0.5, 0.6) is 0 Å². The van der Waals surface area contributed by atoms with Crippen molar-refractivity contribution in [3.05, 3.63) is 10.6 Å². The van der Waals surface area contributed by atoms with E-state index in [0.29, 0.717) is 6.42 Å². The third-order valence-electron chi connectivity index (χ3n) is 1.86. The molecule has 1 N–H and O–H groups in total. The van der Waals surface area contributed by atoms with Crippen LogP contribution < -0.4 is 4.90 Å². The summed E-state index contributed by atoms with van der Waals surface area (Å²) >= 11 is 1.65. The minimum Gasteiger partial charge on any atom is -0.390 e. The zero-order valence-electron chi connectivity index (χ0n) is 9.46. The predicted octanol–water partition coefficient (Wildman–Crippen LogP) is 1.83. The second-order valence-corrected chi connectivity index (χ2v) is 5.45. The van der Waals surface area contributed by atoms with Crippen LogP contribution in [0.3, 0.4) is 0 Å². The standard InChI is InChI=1S/C10H18N2OS/c1-7-8(6-10(2,3)13)14-9(11-7)12(4)5/h13H,6H2,1-5H3. The Hall–Kier alpha value is -0.610. The van der Waals surface area contributed by atoms with Crippen molar-refractivity contribution in [2.45, 2.75) is 32.8 Å². The van der Waals surface area contributed by atoms with Crippen molar-refractivity contribution in [1.29, 1.82) is 0 Å². The Labute approximate surface area is 89.4 Å². The molecule has 0 bridgehead atoms. The SMILES string of the molecule is Cc1nc(N(C)C)sc1CC(C)(C)O. The monoisotopic (exact) mass is 214 g/mol. The molecule has 0 unspecified atom stereocenters. The molecule has 0 aromatic carbocycles. The number of hydrogen-bond donors (Lipinski definition) is 1. The maximum Gasteiger partial charge on any atom is 0.185 e. The summed E-state index contributed by atoms with van der Waals surface area (Å²) in [5.74, 6) is 0. The first-order valence-corrected chi connectivity index (χ1v) is 5.47. The average molecular weight is 214 g/mol. The highest BCUT2D eigenvalue weighted by Crippen LogP contribution is 2.27. The van der Waals surface area contributed by atoms with Crippen molar-refractivity contribution in [3.8, 4) is 0 Å². The van der Waals surface area contributed by atoms with Gasteiger partial charge in [-0.05, 0) is 20.8 Å². The van der Waals surface area contributed by atoms with Crippen LogP contribution in [0.15, 0.2) is 0 Å². The number of anilines is 1. The molecule has 80 valence electrons. The van der Waals surface area contributed by atoms with Crippen LogP contribution in [-0.4, -0.2) is 29.8 Å². The van der Waals surface area contributed by atoms with Gasteiger partial charge < -0.3 is 10.0 Å². The lowest BCUT2D eigenvalue weighted by atomic mass is 10.0. The Morgan fingerprint density at radius 1 is 1.43 bits per heavy atom. The van der Waals surface area contributed by atoms with E-state index >= 15 is 0 Å². The summed E-state index contributed by atoms with van der Waals surface area (Å²) < 4.78 is 0. The fraction of sp³-hybridized carbons (Fsp3) is 0.700. The van der Waals surface area contributed by atoms with Crippen molar-refractivity contribution in [2.75, 3.05) is 19.0 Å². The van der Waals surface area contributed by atoms with Crippen molar-refractivity contribution in [3.63, 3.8) is 0 Å². The van der Waals surface area contributed by atoms with E-state index in [0.717, 1.165) is 10.8 Å². The molecule has 0 atom stereocenters. The van der Waals surface area contributed by atoms with Gasteiger partial charge in [-0.15, -0.1) is 11.3 Å². The molecular formula is C10H18N2OS. The molecular weight excluding hydrogens is 196 g/mol. The normalized spacial score (nSPS) is 11.9. The third kappa shape index (κ3) is 2.96. The molecule has 0 amide bonds. The van der Waals surface area contributed by atoms with Gasteiger partial charge in [-0.1, -0.05) is 0 Å². The second kappa shape index (κ2) is 3.87. The first-order valence-electron chi connectivity index (χ1n) is 4.65. The number of hydrogen-bond acceptors (Lipinski definition) is 4. The number of aromatic nitrogens is 1. The van der Waals surface area contributed by atoms with Crippen LogP contribution in [0.4, 0.5) is 5.13 Å². The maximum absolute atomic E-state index is 9.71. The van der Waals surface area contributed by atoms with Crippen LogP contribution in [-0.2, 0) is 6.42 Å². The largest absolute Gasteiger partial charge is 0.390 e. The van der Waals surface area contributed by atoms with E-state index in [4.69, 9.17) is 0 Å². The van der Waals surface area contributed by atoms with Gasteiger partial charge in [0.25, 0.3) is 0 Å². The molecule has 0 fully saturated rings. The molecule has 0 radical (unpaired) electrons. The van der Waals surface area contributed by atoms with E-state index in [1.165, 1.54) is 4.88 Å². The van der Waals surface area contributed by atoms with Gasteiger partial charge in [-0.25, -0.2) is 4.98 Å². The van der Waals surface area contributed by atoms with Crippen LogP contribution >= 0.6 is 11.3 Å². The van der Waals surface area contributed by atoms with Crippen LogP contribution in [0.25, 0.3) is 0 Å². The molecule has 0 saturated heterocycles. The topological polar surface area (TPSA) is 36.4 Å². The zero-order valence-corrected chi connectivity index (χ0v) is 10.3. The molecule has 0 spiro atoms. The number of thiazole rings is 1. The van der Waals surface area contributed by atoms with E-state index in [2.05, 4.69) is 4.98 Å². The lowest BCUT2D eigenvalue weighted by Gasteiger charge is -2.15.